The largest absolute Gasteiger partial charge is 0.493 e. The van der Waals surface area contributed by atoms with Gasteiger partial charge in [-0.25, -0.2) is 4.98 Å². The number of nitrogens with zero attached hydrogens (tertiary/aromatic N) is 2. The maximum absolute atomic E-state index is 11.5. The molecule has 0 saturated heterocycles. The van der Waals surface area contributed by atoms with Gasteiger partial charge in [0.25, 0.3) is 0 Å². The number of hydrogen-bond acceptors (Lipinski definition) is 3. The number of aryl methyl sites for hydroxylation is 2. The number of rotatable bonds is 9. The van der Waals surface area contributed by atoms with E-state index in [4.69, 9.17) is 9.72 Å². The molecule has 1 aromatic heterocycles. The molecule has 0 bridgehead atoms. The molecule has 0 aliphatic rings. The first-order valence-corrected chi connectivity index (χ1v) is 10.00. The fourth-order valence-corrected chi connectivity index (χ4v) is 3.29. The molecule has 0 saturated carbocycles. The second-order valence-corrected chi connectivity index (χ2v) is 7.02. The Bertz CT molecular complexity index is 946. The van der Waals surface area contributed by atoms with Crippen molar-refractivity contribution in [2.75, 3.05) is 13.2 Å². The van der Waals surface area contributed by atoms with Gasteiger partial charge < -0.3 is 14.6 Å². The van der Waals surface area contributed by atoms with Crippen LogP contribution in [0.3, 0.4) is 0 Å². The van der Waals surface area contributed by atoms with Crippen LogP contribution in [-0.4, -0.2) is 28.6 Å². The van der Waals surface area contributed by atoms with Crippen LogP contribution in [0, 0.1) is 13.8 Å². The average Bonchev–Trinajstić information content (AvgIpc) is 3.05. The third kappa shape index (κ3) is 4.71. The number of amides is 1. The van der Waals surface area contributed by atoms with Crippen molar-refractivity contribution in [3.63, 3.8) is 0 Å². The number of hydrogen-bond donors (Lipinski definition) is 1. The Kier molecular flexibility index (Phi) is 6.69. The lowest BCUT2D eigenvalue weighted by Crippen LogP contribution is -2.25. The molecule has 0 atom stereocenters. The third-order valence-electron chi connectivity index (χ3n) is 5.06. The fourth-order valence-electron chi connectivity index (χ4n) is 3.29. The highest BCUT2D eigenvalue weighted by atomic mass is 16.5. The van der Waals surface area contributed by atoms with Crippen molar-refractivity contribution in [1.82, 2.24) is 14.9 Å². The normalized spacial score (nSPS) is 11.0. The number of nitrogens with one attached hydrogen (secondary N) is 1. The summed E-state index contributed by atoms with van der Waals surface area (Å²) in [5, 5.41) is 2.94. The predicted molar refractivity (Wildman–Crippen MR) is 113 cm³/mol. The summed E-state index contributed by atoms with van der Waals surface area (Å²) < 4.78 is 8.25. The average molecular weight is 380 g/mol. The standard InChI is InChI=1S/C23H29N3O2/c1-4-23(27)24-14-13-22-25-19-10-5-6-11-20(19)26(22)15-8-16-28-21-12-7-9-17(2)18(21)3/h5-7,9-12H,4,8,13-16H2,1-3H3,(H,24,27). The molecule has 2 aromatic carbocycles. The maximum Gasteiger partial charge on any atom is 0.219 e. The Morgan fingerprint density at radius 2 is 1.96 bits per heavy atom. The van der Waals surface area contributed by atoms with E-state index in [0.717, 1.165) is 42.0 Å². The summed E-state index contributed by atoms with van der Waals surface area (Å²) in [7, 11) is 0. The Labute approximate surface area is 166 Å². The summed E-state index contributed by atoms with van der Waals surface area (Å²) in [5.74, 6) is 2.03. The second kappa shape index (κ2) is 9.40. The zero-order chi connectivity index (χ0) is 19.9. The molecule has 0 fully saturated rings. The van der Waals surface area contributed by atoms with Gasteiger partial charge in [0.2, 0.25) is 5.91 Å². The molecule has 0 aliphatic carbocycles. The summed E-state index contributed by atoms with van der Waals surface area (Å²) in [5.41, 5.74) is 4.57. The van der Waals surface area contributed by atoms with E-state index in [-0.39, 0.29) is 5.91 Å². The van der Waals surface area contributed by atoms with Crippen LogP contribution >= 0.6 is 0 Å². The first-order valence-electron chi connectivity index (χ1n) is 10.00. The topological polar surface area (TPSA) is 56.2 Å². The van der Waals surface area contributed by atoms with E-state index in [1.54, 1.807) is 0 Å². The second-order valence-electron chi connectivity index (χ2n) is 7.02. The van der Waals surface area contributed by atoms with Crippen LogP contribution in [0.1, 0.15) is 36.7 Å². The predicted octanol–water partition coefficient (Wildman–Crippen LogP) is 4.19. The molecular formula is C23H29N3O2. The lowest BCUT2D eigenvalue weighted by molar-refractivity contribution is -0.120. The summed E-state index contributed by atoms with van der Waals surface area (Å²) >= 11 is 0. The summed E-state index contributed by atoms with van der Waals surface area (Å²) in [4.78, 5) is 16.3. The van der Waals surface area contributed by atoms with Gasteiger partial charge in [-0.1, -0.05) is 31.2 Å². The minimum atomic E-state index is 0.0737. The number of aromatic nitrogens is 2. The van der Waals surface area contributed by atoms with Gasteiger partial charge >= 0.3 is 0 Å². The molecule has 5 heteroatoms. The quantitative estimate of drug-likeness (QED) is 0.567. The van der Waals surface area contributed by atoms with Crippen molar-refractivity contribution in [2.45, 2.75) is 46.6 Å². The Morgan fingerprint density at radius 1 is 1.14 bits per heavy atom. The van der Waals surface area contributed by atoms with Crippen molar-refractivity contribution < 1.29 is 9.53 Å². The molecule has 0 radical (unpaired) electrons. The fraction of sp³-hybridized carbons (Fsp3) is 0.391. The molecule has 0 aliphatic heterocycles. The van der Waals surface area contributed by atoms with Crippen LogP contribution in [0.4, 0.5) is 0 Å². The van der Waals surface area contributed by atoms with Gasteiger partial charge in [0, 0.05) is 25.9 Å². The molecule has 28 heavy (non-hydrogen) atoms. The number of ether oxygens (including phenoxy) is 1. The molecule has 5 nitrogen and oxygen atoms in total. The first kappa shape index (κ1) is 19.9. The summed E-state index contributed by atoms with van der Waals surface area (Å²) in [6, 6.07) is 14.3. The zero-order valence-electron chi connectivity index (χ0n) is 17.0. The minimum absolute atomic E-state index is 0.0737. The molecule has 0 unspecified atom stereocenters. The van der Waals surface area contributed by atoms with Crippen LogP contribution in [0.15, 0.2) is 42.5 Å². The van der Waals surface area contributed by atoms with E-state index in [9.17, 15) is 4.79 Å². The van der Waals surface area contributed by atoms with Crippen LogP contribution in [0.5, 0.6) is 5.75 Å². The summed E-state index contributed by atoms with van der Waals surface area (Å²) in [6.45, 7) is 8.15. The number of carbonyl (C=O) groups excluding carboxylic acids is 1. The van der Waals surface area contributed by atoms with Crippen molar-refractivity contribution in [2.24, 2.45) is 0 Å². The van der Waals surface area contributed by atoms with E-state index >= 15 is 0 Å². The molecule has 1 heterocycles. The van der Waals surface area contributed by atoms with Gasteiger partial charge in [0.15, 0.2) is 0 Å². The SMILES string of the molecule is CCC(=O)NCCc1nc2ccccc2n1CCCOc1cccc(C)c1C. The van der Waals surface area contributed by atoms with Crippen LogP contribution in [-0.2, 0) is 17.8 Å². The van der Waals surface area contributed by atoms with E-state index in [2.05, 4.69) is 35.9 Å². The number of benzene rings is 2. The van der Waals surface area contributed by atoms with Crippen molar-refractivity contribution in [3.8, 4) is 5.75 Å². The molecule has 148 valence electrons. The van der Waals surface area contributed by atoms with Crippen molar-refractivity contribution in [3.05, 3.63) is 59.4 Å². The third-order valence-corrected chi connectivity index (χ3v) is 5.06. The number of para-hydroxylation sites is 2. The lowest BCUT2D eigenvalue weighted by atomic mass is 10.1. The molecule has 0 spiro atoms. The molecule has 3 rings (SSSR count). The number of carbonyl (C=O) groups is 1. The molecular weight excluding hydrogens is 350 g/mol. The van der Waals surface area contributed by atoms with Crippen molar-refractivity contribution >= 4 is 16.9 Å². The van der Waals surface area contributed by atoms with Gasteiger partial charge in [0.05, 0.1) is 17.6 Å². The number of imidazole rings is 1. The Balaban J connectivity index is 1.64. The monoisotopic (exact) mass is 379 g/mol. The Hall–Kier alpha value is -2.82. The van der Waals surface area contributed by atoms with Gasteiger partial charge in [-0.2, -0.15) is 0 Å². The van der Waals surface area contributed by atoms with Gasteiger partial charge in [-0.3, -0.25) is 4.79 Å². The van der Waals surface area contributed by atoms with E-state index < -0.39 is 0 Å². The molecule has 3 aromatic rings. The summed E-state index contributed by atoms with van der Waals surface area (Å²) in [6.07, 6.45) is 2.12. The number of fused-ring (bicyclic) bond motifs is 1. The van der Waals surface area contributed by atoms with E-state index in [1.165, 1.54) is 11.1 Å². The molecule has 1 N–H and O–H groups in total. The smallest absolute Gasteiger partial charge is 0.219 e. The van der Waals surface area contributed by atoms with Crippen molar-refractivity contribution in [1.29, 1.82) is 0 Å². The van der Waals surface area contributed by atoms with Gasteiger partial charge in [-0.05, 0) is 49.6 Å². The van der Waals surface area contributed by atoms with Crippen LogP contribution in [0.25, 0.3) is 11.0 Å². The van der Waals surface area contributed by atoms with Crippen LogP contribution < -0.4 is 10.1 Å². The van der Waals surface area contributed by atoms with Crippen LogP contribution in [0.2, 0.25) is 0 Å². The Morgan fingerprint density at radius 3 is 2.79 bits per heavy atom. The lowest BCUT2D eigenvalue weighted by Gasteiger charge is -2.13. The van der Waals surface area contributed by atoms with E-state index in [0.29, 0.717) is 19.6 Å². The highest BCUT2D eigenvalue weighted by molar-refractivity contribution is 5.76. The first-order chi connectivity index (χ1) is 13.6. The minimum Gasteiger partial charge on any atom is -0.493 e. The van der Waals surface area contributed by atoms with Gasteiger partial charge in [0.1, 0.15) is 11.6 Å². The maximum atomic E-state index is 11.5. The zero-order valence-corrected chi connectivity index (χ0v) is 17.0. The molecule has 1 amide bonds. The highest BCUT2D eigenvalue weighted by Gasteiger charge is 2.11. The van der Waals surface area contributed by atoms with Gasteiger partial charge in [-0.15, -0.1) is 0 Å². The van der Waals surface area contributed by atoms with E-state index in [1.807, 2.05) is 37.3 Å². The highest BCUT2D eigenvalue weighted by Crippen LogP contribution is 2.21.